The molecule has 0 N–H and O–H groups in total. The Kier molecular flexibility index (Phi) is 4.56. The molecule has 6 heteroatoms. The van der Waals surface area contributed by atoms with Crippen LogP contribution < -0.4 is 5.06 Å². The fourth-order valence-electron chi connectivity index (χ4n) is 4.19. The lowest BCUT2D eigenvalue weighted by atomic mass is 9.90. The third-order valence-electron chi connectivity index (χ3n) is 5.61. The Bertz CT molecular complexity index is 1070. The fraction of sp³-hybridized carbons (Fsp3) is 0.167. The fourth-order valence-corrected chi connectivity index (χ4v) is 4.19. The summed E-state index contributed by atoms with van der Waals surface area (Å²) in [5.41, 5.74) is 2.32. The highest BCUT2D eigenvalue weighted by Gasteiger charge is 2.59. The Hall–Kier alpha value is -3.51. The van der Waals surface area contributed by atoms with Crippen LogP contribution in [-0.2, 0) is 21.0 Å². The van der Waals surface area contributed by atoms with Crippen LogP contribution in [0.3, 0.4) is 0 Å². The van der Waals surface area contributed by atoms with E-state index in [2.05, 4.69) is 0 Å². The van der Waals surface area contributed by atoms with Gasteiger partial charge in [-0.15, -0.1) is 0 Å². The Morgan fingerprint density at radius 3 is 2.10 bits per heavy atom. The molecule has 2 aliphatic rings. The number of nitrogens with zero attached hydrogens (tertiary/aromatic N) is 2. The van der Waals surface area contributed by atoms with Gasteiger partial charge in [-0.25, -0.2) is 9.45 Å². The molecule has 0 saturated carbocycles. The minimum atomic E-state index is -0.906. The minimum Gasteiger partial charge on any atom is -0.275 e. The van der Waals surface area contributed by atoms with E-state index in [9.17, 15) is 14.0 Å². The number of halogens is 1. The van der Waals surface area contributed by atoms with Crippen LogP contribution in [0.5, 0.6) is 0 Å². The molecule has 5 rings (SSSR count). The smallest absolute Gasteiger partial charge is 0.262 e. The van der Waals surface area contributed by atoms with Crippen molar-refractivity contribution >= 4 is 17.5 Å². The Labute approximate surface area is 173 Å². The van der Waals surface area contributed by atoms with Crippen LogP contribution in [0.25, 0.3) is 0 Å². The topological polar surface area (TPSA) is 49.9 Å². The van der Waals surface area contributed by atoms with Gasteiger partial charge in [-0.3, -0.25) is 19.3 Å². The average molecular weight is 402 g/mol. The molecule has 0 unspecified atom stereocenters. The molecular formula is C24H19FN2O3. The van der Waals surface area contributed by atoms with Gasteiger partial charge in [0.25, 0.3) is 5.91 Å². The predicted molar refractivity (Wildman–Crippen MR) is 108 cm³/mol. The number of para-hydroxylation sites is 1. The van der Waals surface area contributed by atoms with Gasteiger partial charge in [0.05, 0.1) is 18.3 Å². The SMILES string of the molecule is O=C1[C@@H]2[C@@H](c3ccc(F)cc3)N(c3ccccc3)O[C@H]2C(=O)N1Cc1ccccc1. The molecule has 2 amide bonds. The molecule has 2 fully saturated rings. The van der Waals surface area contributed by atoms with Crippen molar-refractivity contribution in [1.82, 2.24) is 4.90 Å². The number of carbonyl (C=O) groups is 2. The van der Waals surface area contributed by atoms with Gasteiger partial charge in [-0.05, 0) is 35.4 Å². The summed E-state index contributed by atoms with van der Waals surface area (Å²) >= 11 is 0. The van der Waals surface area contributed by atoms with Gasteiger partial charge in [-0.2, -0.15) is 0 Å². The molecule has 2 saturated heterocycles. The molecule has 30 heavy (non-hydrogen) atoms. The molecule has 150 valence electrons. The molecule has 3 atom stereocenters. The zero-order valence-electron chi connectivity index (χ0n) is 16.0. The Morgan fingerprint density at radius 1 is 0.800 bits per heavy atom. The number of benzene rings is 3. The predicted octanol–water partition coefficient (Wildman–Crippen LogP) is 3.87. The molecule has 0 bridgehead atoms. The van der Waals surface area contributed by atoms with E-state index in [1.165, 1.54) is 17.0 Å². The molecule has 5 nitrogen and oxygen atoms in total. The Morgan fingerprint density at radius 2 is 1.43 bits per heavy atom. The van der Waals surface area contributed by atoms with Gasteiger partial charge < -0.3 is 0 Å². The number of hydrogen-bond acceptors (Lipinski definition) is 4. The summed E-state index contributed by atoms with van der Waals surface area (Å²) in [4.78, 5) is 33.8. The van der Waals surface area contributed by atoms with E-state index in [1.54, 1.807) is 17.2 Å². The molecule has 2 heterocycles. The number of hydroxylamine groups is 1. The summed E-state index contributed by atoms with van der Waals surface area (Å²) in [5.74, 6) is -1.69. The quantitative estimate of drug-likeness (QED) is 0.622. The van der Waals surface area contributed by atoms with Crippen LogP contribution in [-0.4, -0.2) is 22.8 Å². The molecule has 2 aliphatic heterocycles. The number of likely N-dealkylation sites (tertiary alicyclic amines) is 1. The lowest BCUT2D eigenvalue weighted by Crippen LogP contribution is -2.36. The number of hydrogen-bond donors (Lipinski definition) is 0. The largest absolute Gasteiger partial charge is 0.275 e. The first-order chi connectivity index (χ1) is 14.6. The van der Waals surface area contributed by atoms with Crippen LogP contribution in [0.2, 0.25) is 0 Å². The van der Waals surface area contributed by atoms with Gasteiger partial charge in [0.15, 0.2) is 6.10 Å². The molecule has 3 aromatic rings. The molecule has 0 aliphatic carbocycles. The van der Waals surface area contributed by atoms with Crippen LogP contribution in [0, 0.1) is 11.7 Å². The van der Waals surface area contributed by atoms with Gasteiger partial charge in [0, 0.05) is 0 Å². The lowest BCUT2D eigenvalue weighted by Gasteiger charge is -2.28. The molecule has 0 spiro atoms. The lowest BCUT2D eigenvalue weighted by molar-refractivity contribution is -0.143. The monoisotopic (exact) mass is 402 g/mol. The minimum absolute atomic E-state index is 0.205. The van der Waals surface area contributed by atoms with E-state index in [1.807, 2.05) is 60.7 Å². The number of anilines is 1. The normalized spacial score (nSPS) is 23.2. The second-order valence-corrected chi connectivity index (χ2v) is 7.46. The summed E-state index contributed by atoms with van der Waals surface area (Å²) in [7, 11) is 0. The van der Waals surface area contributed by atoms with Crippen LogP contribution in [0.15, 0.2) is 84.9 Å². The molecular weight excluding hydrogens is 383 g/mol. The van der Waals surface area contributed by atoms with Crippen LogP contribution >= 0.6 is 0 Å². The van der Waals surface area contributed by atoms with E-state index in [4.69, 9.17) is 4.84 Å². The Balaban J connectivity index is 1.52. The highest BCUT2D eigenvalue weighted by molar-refractivity contribution is 6.07. The number of imide groups is 1. The van der Waals surface area contributed by atoms with Crippen LogP contribution in [0.4, 0.5) is 10.1 Å². The molecule has 3 aromatic carbocycles. The summed E-state index contributed by atoms with van der Waals surface area (Å²) in [5, 5.41) is 1.61. The highest BCUT2D eigenvalue weighted by Crippen LogP contribution is 2.46. The van der Waals surface area contributed by atoms with E-state index in [-0.39, 0.29) is 24.2 Å². The average Bonchev–Trinajstić information content (AvgIpc) is 3.28. The van der Waals surface area contributed by atoms with E-state index >= 15 is 0 Å². The van der Waals surface area contributed by atoms with Gasteiger partial charge in [0.1, 0.15) is 11.7 Å². The van der Waals surface area contributed by atoms with Crippen molar-refractivity contribution in [3.05, 3.63) is 102 Å². The van der Waals surface area contributed by atoms with Crippen molar-refractivity contribution in [2.24, 2.45) is 5.92 Å². The number of rotatable bonds is 4. The highest BCUT2D eigenvalue weighted by atomic mass is 19.1. The first-order valence-electron chi connectivity index (χ1n) is 9.79. The summed E-state index contributed by atoms with van der Waals surface area (Å²) < 4.78 is 13.5. The van der Waals surface area contributed by atoms with Crippen molar-refractivity contribution in [1.29, 1.82) is 0 Å². The summed E-state index contributed by atoms with van der Waals surface area (Å²) in [6.45, 7) is 0.205. The molecule has 0 aromatic heterocycles. The number of amides is 2. The van der Waals surface area contributed by atoms with Crippen molar-refractivity contribution in [2.45, 2.75) is 18.7 Å². The van der Waals surface area contributed by atoms with Crippen molar-refractivity contribution in [2.75, 3.05) is 5.06 Å². The third-order valence-corrected chi connectivity index (χ3v) is 5.61. The first-order valence-corrected chi connectivity index (χ1v) is 9.79. The van der Waals surface area contributed by atoms with Crippen molar-refractivity contribution < 1.29 is 18.8 Å². The zero-order chi connectivity index (χ0) is 20.7. The maximum absolute atomic E-state index is 13.5. The standard InChI is InChI=1S/C24H19FN2O3/c25-18-13-11-17(12-14-18)21-20-22(30-27(21)19-9-5-2-6-10-19)24(29)26(23(20)28)15-16-7-3-1-4-8-16/h1-14,20-22H,15H2/t20-,21-,22-/m1/s1. The van der Waals surface area contributed by atoms with Crippen molar-refractivity contribution in [3.63, 3.8) is 0 Å². The number of fused-ring (bicyclic) bond motifs is 1. The summed E-state index contributed by atoms with van der Waals surface area (Å²) in [6, 6.07) is 24.2. The van der Waals surface area contributed by atoms with Gasteiger partial charge >= 0.3 is 0 Å². The molecule has 0 radical (unpaired) electrons. The van der Waals surface area contributed by atoms with E-state index in [0.717, 1.165) is 16.8 Å². The van der Waals surface area contributed by atoms with Gasteiger partial charge in [0.2, 0.25) is 5.91 Å². The van der Waals surface area contributed by atoms with E-state index in [0.29, 0.717) is 0 Å². The second kappa shape index (κ2) is 7.39. The second-order valence-electron chi connectivity index (χ2n) is 7.46. The summed E-state index contributed by atoms with van der Waals surface area (Å²) in [6.07, 6.45) is -0.906. The van der Waals surface area contributed by atoms with Gasteiger partial charge in [-0.1, -0.05) is 60.7 Å². The maximum atomic E-state index is 13.5. The van der Waals surface area contributed by atoms with E-state index < -0.39 is 18.1 Å². The first kappa shape index (κ1) is 18.5. The van der Waals surface area contributed by atoms with Crippen LogP contribution in [0.1, 0.15) is 17.2 Å². The number of carbonyl (C=O) groups excluding carboxylic acids is 2. The van der Waals surface area contributed by atoms with Crippen molar-refractivity contribution in [3.8, 4) is 0 Å². The zero-order valence-corrected chi connectivity index (χ0v) is 16.0. The maximum Gasteiger partial charge on any atom is 0.262 e. The third kappa shape index (κ3) is 3.06.